The first-order chi connectivity index (χ1) is 21.7. The summed E-state index contributed by atoms with van der Waals surface area (Å²) in [4.78, 5) is 16.7. The molecule has 3 aromatic carbocycles. The van der Waals surface area contributed by atoms with Crippen LogP contribution in [-0.2, 0) is 13.2 Å². The summed E-state index contributed by atoms with van der Waals surface area (Å²) in [5.74, 6) is 0.569. The number of allylic oxidation sites excluding steroid dienone is 2. The smallest absolute Gasteiger partial charge is 0.387 e. The average Bonchev–Trinajstić information content (AvgIpc) is 3.54. The van der Waals surface area contributed by atoms with Gasteiger partial charge in [-0.15, -0.1) is 11.3 Å². The van der Waals surface area contributed by atoms with E-state index in [0.29, 0.717) is 22.9 Å². The van der Waals surface area contributed by atoms with Gasteiger partial charge in [-0.05, 0) is 85.0 Å². The van der Waals surface area contributed by atoms with Gasteiger partial charge in [0.25, 0.3) is 5.91 Å². The lowest BCUT2D eigenvalue weighted by Gasteiger charge is -2.14. The molecule has 5 nitrogen and oxygen atoms in total. The molecule has 0 saturated carbocycles. The molecule has 45 heavy (non-hydrogen) atoms. The fourth-order valence-electron chi connectivity index (χ4n) is 4.11. The van der Waals surface area contributed by atoms with Crippen molar-refractivity contribution in [1.82, 2.24) is 5.32 Å². The number of hydrogen-bond acceptors (Lipinski definition) is 4. The standard InChI is InChI=1S/C31H23ClF2N2O3S.C4H7Cl/c32-24-9-12-28(38-19-20-3-10-25(11-4-20)39-31(33)34)27(16-24)26-13-15-40-29(26)22-5-7-23(8-6-22)30(37)36-18-21-2-1-14-35-17-21;1-3-4(2)5/h1-17,31H,18-19H2,(H,36,37);3H,1-2H3/p+1/b;4-3+. The predicted octanol–water partition coefficient (Wildman–Crippen LogP) is 9.81. The van der Waals surface area contributed by atoms with Gasteiger partial charge in [-0.25, -0.2) is 4.98 Å². The summed E-state index contributed by atoms with van der Waals surface area (Å²) >= 11 is 13.3. The Labute approximate surface area is 275 Å². The number of alkyl halides is 2. The molecule has 0 aliphatic rings. The average molecular weight is 669 g/mol. The minimum atomic E-state index is -2.87. The van der Waals surface area contributed by atoms with Crippen LogP contribution in [0.2, 0.25) is 5.02 Å². The van der Waals surface area contributed by atoms with E-state index in [-0.39, 0.29) is 18.3 Å². The van der Waals surface area contributed by atoms with Crippen LogP contribution in [0.1, 0.15) is 35.3 Å². The van der Waals surface area contributed by atoms with Crippen LogP contribution in [0.25, 0.3) is 21.6 Å². The fourth-order valence-corrected chi connectivity index (χ4v) is 5.20. The van der Waals surface area contributed by atoms with Crippen LogP contribution in [0.5, 0.6) is 11.5 Å². The van der Waals surface area contributed by atoms with Crippen molar-refractivity contribution in [2.45, 2.75) is 33.6 Å². The summed E-state index contributed by atoms with van der Waals surface area (Å²) in [5.41, 5.74) is 5.07. The molecule has 0 spiro atoms. The Morgan fingerprint density at radius 1 is 1.00 bits per heavy atom. The van der Waals surface area contributed by atoms with Crippen molar-refractivity contribution in [3.05, 3.63) is 136 Å². The second-order valence-electron chi connectivity index (χ2n) is 9.66. The van der Waals surface area contributed by atoms with Crippen molar-refractivity contribution >= 4 is 40.4 Å². The Balaban J connectivity index is 0.000000854. The maximum absolute atomic E-state index is 12.7. The molecule has 0 fully saturated rings. The van der Waals surface area contributed by atoms with Gasteiger partial charge in [-0.2, -0.15) is 8.78 Å². The Kier molecular flexibility index (Phi) is 12.5. The van der Waals surface area contributed by atoms with E-state index in [1.54, 1.807) is 29.5 Å². The molecule has 232 valence electrons. The first-order valence-electron chi connectivity index (χ1n) is 13.9. The molecule has 0 aliphatic heterocycles. The van der Waals surface area contributed by atoms with Crippen LogP contribution in [0.15, 0.2) is 114 Å². The number of H-pyrrole nitrogens is 1. The molecule has 2 N–H and O–H groups in total. The van der Waals surface area contributed by atoms with Crippen molar-refractivity contribution in [2.75, 3.05) is 0 Å². The minimum absolute atomic E-state index is 0.0900. The molecule has 5 aromatic rings. The van der Waals surface area contributed by atoms with Crippen molar-refractivity contribution in [2.24, 2.45) is 0 Å². The van der Waals surface area contributed by atoms with E-state index in [1.165, 1.54) is 12.1 Å². The molecule has 0 atom stereocenters. The number of pyridine rings is 1. The molecule has 0 aliphatic carbocycles. The van der Waals surface area contributed by atoms with Crippen molar-refractivity contribution in [1.29, 1.82) is 0 Å². The topological polar surface area (TPSA) is 61.7 Å². The molecule has 0 radical (unpaired) electrons. The number of rotatable bonds is 10. The summed E-state index contributed by atoms with van der Waals surface area (Å²) in [7, 11) is 0. The van der Waals surface area contributed by atoms with Gasteiger partial charge in [-0.3, -0.25) is 4.79 Å². The summed E-state index contributed by atoms with van der Waals surface area (Å²) in [6, 6.07) is 25.0. The highest BCUT2D eigenvalue weighted by Gasteiger charge is 2.16. The number of hydrogen-bond donors (Lipinski definition) is 1. The summed E-state index contributed by atoms with van der Waals surface area (Å²) in [6.07, 6.45) is 5.51. The van der Waals surface area contributed by atoms with Crippen LogP contribution in [0, 0.1) is 0 Å². The van der Waals surface area contributed by atoms with E-state index in [1.807, 2.05) is 92.3 Å². The second-order valence-corrected chi connectivity index (χ2v) is 11.6. The maximum Gasteiger partial charge on any atom is 0.387 e. The summed E-state index contributed by atoms with van der Waals surface area (Å²) < 4.78 is 35.4. The van der Waals surface area contributed by atoms with Crippen molar-refractivity contribution < 1.29 is 28.0 Å². The number of carbonyl (C=O) groups is 1. The van der Waals surface area contributed by atoms with Gasteiger partial charge in [0.1, 0.15) is 18.1 Å². The van der Waals surface area contributed by atoms with E-state index in [0.717, 1.165) is 37.7 Å². The van der Waals surface area contributed by atoms with Crippen LogP contribution in [0.4, 0.5) is 8.78 Å². The van der Waals surface area contributed by atoms with Gasteiger partial charge in [-0.1, -0.05) is 53.5 Å². The van der Waals surface area contributed by atoms with Gasteiger partial charge in [0.2, 0.25) is 0 Å². The SMILES string of the molecule is C/C=C(\C)Cl.O=C(NCc1ccc[nH+]c1)c1ccc(-c2sccc2-c2cc(Cl)ccc2OCc2ccc(OC(F)F)cc2)cc1. The molecule has 0 bridgehead atoms. The van der Waals surface area contributed by atoms with E-state index in [9.17, 15) is 13.6 Å². The van der Waals surface area contributed by atoms with Crippen molar-refractivity contribution in [3.8, 4) is 33.1 Å². The third-order valence-corrected chi connectivity index (χ3v) is 7.89. The Bertz CT molecular complexity index is 1710. The molecule has 0 saturated heterocycles. The van der Waals surface area contributed by atoms with Crippen LogP contribution >= 0.6 is 34.5 Å². The highest BCUT2D eigenvalue weighted by molar-refractivity contribution is 7.14. The zero-order valence-electron chi connectivity index (χ0n) is 24.5. The fraction of sp³-hybridized carbons (Fsp3) is 0.143. The first-order valence-corrected chi connectivity index (χ1v) is 15.5. The normalized spacial score (nSPS) is 11.0. The zero-order valence-corrected chi connectivity index (χ0v) is 26.9. The predicted molar refractivity (Wildman–Crippen MR) is 177 cm³/mol. The quantitative estimate of drug-likeness (QED) is 0.161. The van der Waals surface area contributed by atoms with Gasteiger partial charge >= 0.3 is 6.61 Å². The number of nitrogens with one attached hydrogen (secondary N) is 2. The van der Waals surface area contributed by atoms with Crippen molar-refractivity contribution in [3.63, 3.8) is 0 Å². The largest absolute Gasteiger partial charge is 0.488 e. The number of aromatic amines is 1. The number of ether oxygens (including phenoxy) is 2. The number of benzene rings is 3. The van der Waals surface area contributed by atoms with Gasteiger partial charge in [0.05, 0.1) is 0 Å². The molecule has 10 heteroatoms. The Morgan fingerprint density at radius 2 is 1.73 bits per heavy atom. The summed E-state index contributed by atoms with van der Waals surface area (Å²) in [5, 5.41) is 6.34. The van der Waals surface area contributed by atoms with Crippen LogP contribution in [0.3, 0.4) is 0 Å². The van der Waals surface area contributed by atoms with Gasteiger partial charge < -0.3 is 14.8 Å². The number of carbonyl (C=O) groups excluding carboxylic acids is 1. The number of amides is 1. The first kappa shape index (κ1) is 33.6. The lowest BCUT2D eigenvalue weighted by Crippen LogP contribution is -2.23. The molecule has 5 rings (SSSR count). The molecule has 2 heterocycles. The van der Waals surface area contributed by atoms with Crippen LogP contribution < -0.4 is 19.8 Å². The zero-order chi connectivity index (χ0) is 32.2. The Hall–Kier alpha value is -4.24. The Morgan fingerprint density at radius 3 is 2.38 bits per heavy atom. The molecule has 0 unspecified atom stereocenters. The second kappa shape index (κ2) is 16.7. The number of thiophene rings is 1. The minimum Gasteiger partial charge on any atom is -0.488 e. The molecular weight excluding hydrogens is 637 g/mol. The summed E-state index contributed by atoms with van der Waals surface area (Å²) in [6.45, 7) is 1.54. The number of halogens is 4. The lowest BCUT2D eigenvalue weighted by molar-refractivity contribution is -0.378. The van der Waals surface area contributed by atoms with Gasteiger partial charge in [0, 0.05) is 49.8 Å². The van der Waals surface area contributed by atoms with E-state index < -0.39 is 6.61 Å². The van der Waals surface area contributed by atoms with E-state index in [4.69, 9.17) is 27.9 Å². The van der Waals surface area contributed by atoms with Crippen LogP contribution in [-0.4, -0.2) is 12.5 Å². The molecule has 1 amide bonds. The lowest BCUT2D eigenvalue weighted by atomic mass is 10.0. The highest BCUT2D eigenvalue weighted by atomic mass is 35.5. The van der Waals surface area contributed by atoms with E-state index in [2.05, 4.69) is 15.0 Å². The highest BCUT2D eigenvalue weighted by Crippen LogP contribution is 2.42. The third kappa shape index (κ3) is 10.1. The maximum atomic E-state index is 12.7. The molecular formula is C35H31Cl2F2N2O3S+. The third-order valence-electron chi connectivity index (χ3n) is 6.47. The number of aromatic nitrogens is 1. The monoisotopic (exact) mass is 667 g/mol. The molecule has 2 aromatic heterocycles. The van der Waals surface area contributed by atoms with Gasteiger partial charge in [0.15, 0.2) is 12.4 Å². The van der Waals surface area contributed by atoms with E-state index >= 15 is 0 Å².